The van der Waals surface area contributed by atoms with Crippen LogP contribution in [0.15, 0.2) is 42.6 Å². The quantitative estimate of drug-likeness (QED) is 0.514. The van der Waals surface area contributed by atoms with E-state index in [0.717, 1.165) is 87.4 Å². The first-order chi connectivity index (χ1) is 20.5. The Morgan fingerprint density at radius 3 is 2.88 bits per heavy atom. The summed E-state index contributed by atoms with van der Waals surface area (Å²) in [5, 5.41) is 3.38. The maximum absolute atomic E-state index is 13.3. The van der Waals surface area contributed by atoms with E-state index in [1.165, 1.54) is 0 Å². The van der Waals surface area contributed by atoms with Gasteiger partial charge in [0.2, 0.25) is 11.8 Å². The van der Waals surface area contributed by atoms with Crippen LogP contribution in [-0.2, 0) is 27.3 Å². The molecule has 3 aliphatic rings. The number of rotatable bonds is 8. The van der Waals surface area contributed by atoms with E-state index in [2.05, 4.69) is 46.5 Å². The van der Waals surface area contributed by atoms with Gasteiger partial charge in [-0.2, -0.15) is 0 Å². The van der Waals surface area contributed by atoms with Crippen LogP contribution in [0.5, 0.6) is 5.75 Å². The molecule has 2 amide bonds. The molecule has 2 bridgehead atoms. The molecule has 9 nitrogen and oxygen atoms in total. The second kappa shape index (κ2) is 14.8. The Labute approximate surface area is 250 Å². The minimum atomic E-state index is 0.134. The Hall–Kier alpha value is -3.17. The molecule has 0 aliphatic carbocycles. The number of likely N-dealkylation sites (tertiary alicyclic amines) is 1. The number of carbonyl (C=O) groups excluding carboxylic acids is 2. The van der Waals surface area contributed by atoms with Crippen molar-refractivity contribution >= 4 is 17.5 Å². The molecule has 2 saturated heterocycles. The van der Waals surface area contributed by atoms with Crippen LogP contribution in [-0.4, -0.2) is 92.7 Å². The molecular formula is C33H47N5O4. The molecule has 42 heavy (non-hydrogen) atoms. The summed E-state index contributed by atoms with van der Waals surface area (Å²) in [4.78, 5) is 37.3. The van der Waals surface area contributed by atoms with Gasteiger partial charge in [0.15, 0.2) is 0 Å². The van der Waals surface area contributed by atoms with Crippen molar-refractivity contribution in [2.45, 2.75) is 57.5 Å². The Morgan fingerprint density at radius 1 is 1.14 bits per heavy atom. The molecule has 9 heteroatoms. The Balaban J connectivity index is 1.21. The first-order valence-electron chi connectivity index (χ1n) is 15.7. The van der Waals surface area contributed by atoms with E-state index >= 15 is 0 Å². The van der Waals surface area contributed by atoms with E-state index < -0.39 is 0 Å². The average Bonchev–Trinajstić information content (AvgIpc) is 3.48. The largest absolute Gasteiger partial charge is 0.493 e. The van der Waals surface area contributed by atoms with Crippen molar-refractivity contribution in [2.75, 3.05) is 65.0 Å². The number of fused-ring (bicyclic) bond motifs is 3. The number of hydrogen-bond acceptors (Lipinski definition) is 7. The number of piperidine rings is 1. The summed E-state index contributed by atoms with van der Waals surface area (Å²) in [6, 6.07) is 12.5. The third-order valence-electron chi connectivity index (χ3n) is 9.22. The smallest absolute Gasteiger partial charge is 0.236 e. The molecule has 228 valence electrons. The van der Waals surface area contributed by atoms with E-state index in [1.54, 1.807) is 7.11 Å². The van der Waals surface area contributed by atoms with Crippen LogP contribution in [0.4, 0.5) is 5.69 Å². The van der Waals surface area contributed by atoms with Crippen LogP contribution in [0.1, 0.15) is 49.8 Å². The lowest BCUT2D eigenvalue weighted by molar-refractivity contribution is -0.136. The molecule has 0 unspecified atom stereocenters. The molecule has 0 spiro atoms. The Morgan fingerprint density at radius 2 is 2.05 bits per heavy atom. The zero-order chi connectivity index (χ0) is 29.3. The van der Waals surface area contributed by atoms with Gasteiger partial charge < -0.3 is 29.5 Å². The number of aromatic nitrogens is 1. The number of carbonyl (C=O) groups is 2. The number of anilines is 1. The Bertz CT molecular complexity index is 1180. The second-order valence-electron chi connectivity index (χ2n) is 12.1. The number of methoxy groups -OCH3 is 1. The van der Waals surface area contributed by atoms with Gasteiger partial charge in [-0.3, -0.25) is 14.6 Å². The highest BCUT2D eigenvalue weighted by Crippen LogP contribution is 2.33. The molecule has 5 rings (SSSR count). The minimum absolute atomic E-state index is 0.134. The van der Waals surface area contributed by atoms with Crippen molar-refractivity contribution in [1.82, 2.24) is 20.1 Å². The Kier molecular flexibility index (Phi) is 10.7. The third-order valence-corrected chi connectivity index (χ3v) is 9.22. The fourth-order valence-electron chi connectivity index (χ4n) is 6.76. The number of pyridine rings is 1. The topological polar surface area (TPSA) is 87.2 Å². The second-order valence-corrected chi connectivity index (χ2v) is 12.1. The van der Waals surface area contributed by atoms with Crippen molar-refractivity contribution in [1.29, 1.82) is 0 Å². The number of hydrogen-bond donors (Lipinski definition) is 1. The highest BCUT2D eigenvalue weighted by atomic mass is 16.5. The molecule has 1 N–H and O–H groups in total. The third kappa shape index (κ3) is 7.81. The molecule has 4 heterocycles. The van der Waals surface area contributed by atoms with Crippen LogP contribution in [0.25, 0.3) is 0 Å². The van der Waals surface area contributed by atoms with Gasteiger partial charge >= 0.3 is 0 Å². The number of likely N-dealkylation sites (N-methyl/N-ethyl adjacent to an activating group) is 1. The predicted molar refractivity (Wildman–Crippen MR) is 163 cm³/mol. The van der Waals surface area contributed by atoms with Gasteiger partial charge in [0.1, 0.15) is 5.75 Å². The highest BCUT2D eigenvalue weighted by molar-refractivity contribution is 5.79. The van der Waals surface area contributed by atoms with Gasteiger partial charge in [0.25, 0.3) is 0 Å². The zero-order valence-corrected chi connectivity index (χ0v) is 25.3. The molecule has 1 aromatic carbocycles. The number of benzene rings is 1. The summed E-state index contributed by atoms with van der Waals surface area (Å²) < 4.78 is 11.7. The van der Waals surface area contributed by atoms with Crippen molar-refractivity contribution in [2.24, 2.45) is 11.8 Å². The monoisotopic (exact) mass is 577 g/mol. The van der Waals surface area contributed by atoms with E-state index in [9.17, 15) is 9.59 Å². The fourth-order valence-corrected chi connectivity index (χ4v) is 6.76. The summed E-state index contributed by atoms with van der Waals surface area (Å²) in [6.45, 7) is 5.21. The molecule has 0 saturated carbocycles. The normalized spacial score (nSPS) is 23.3. The van der Waals surface area contributed by atoms with Crippen LogP contribution in [0, 0.1) is 11.8 Å². The number of ether oxygens (including phenoxy) is 2. The van der Waals surface area contributed by atoms with Gasteiger partial charge in [-0.05, 0) is 74.3 Å². The van der Waals surface area contributed by atoms with E-state index in [0.29, 0.717) is 44.6 Å². The maximum atomic E-state index is 13.3. The molecule has 3 atom stereocenters. The van der Waals surface area contributed by atoms with Gasteiger partial charge in [0.05, 0.1) is 25.8 Å². The molecule has 2 fully saturated rings. The lowest BCUT2D eigenvalue weighted by atomic mass is 9.80. The van der Waals surface area contributed by atoms with Gasteiger partial charge in [-0.1, -0.05) is 6.07 Å². The molecule has 0 radical (unpaired) electrons. The summed E-state index contributed by atoms with van der Waals surface area (Å²) in [5.41, 5.74) is 3.25. The standard InChI is InChI=1S/C33H47N5O4/c1-36(16-13-28-8-3-4-14-35-28)29-10-11-31-27(19-29)21-34-22-33(40)37-17-12-25(26(23-37)7-6-18-42-31)20-32(39)38-15-5-9-30(38)24-41-2/h3-4,8,10-11,14,19,25-26,30,34H,5-7,9,12-13,15-18,20-24H2,1-2H3/t25-,26-,30+/m0/s1. The predicted octanol–water partition coefficient (Wildman–Crippen LogP) is 3.51. The summed E-state index contributed by atoms with van der Waals surface area (Å²) in [7, 11) is 3.80. The fraction of sp³-hybridized carbons (Fsp3) is 0.606. The SMILES string of the molecule is COC[C@H]1CCCN1C(=O)C[C@@H]1CCN2C[C@@H]1CCCOc1ccc(N(C)CCc3ccccn3)cc1CNCC2=O. The first-order valence-corrected chi connectivity index (χ1v) is 15.7. The van der Waals surface area contributed by atoms with Crippen LogP contribution in [0.3, 0.4) is 0 Å². The summed E-state index contributed by atoms with van der Waals surface area (Å²) in [5.74, 6) is 1.84. The van der Waals surface area contributed by atoms with E-state index in [1.807, 2.05) is 28.1 Å². The minimum Gasteiger partial charge on any atom is -0.493 e. The van der Waals surface area contributed by atoms with E-state index in [4.69, 9.17) is 9.47 Å². The molecular weight excluding hydrogens is 530 g/mol. The highest BCUT2D eigenvalue weighted by Gasteiger charge is 2.35. The summed E-state index contributed by atoms with van der Waals surface area (Å²) in [6.07, 6.45) is 8.04. The lowest BCUT2D eigenvalue weighted by Gasteiger charge is -2.39. The maximum Gasteiger partial charge on any atom is 0.236 e. The number of nitrogens with one attached hydrogen (secondary N) is 1. The van der Waals surface area contributed by atoms with Crippen molar-refractivity contribution in [3.8, 4) is 5.75 Å². The van der Waals surface area contributed by atoms with Crippen molar-refractivity contribution in [3.05, 3.63) is 53.9 Å². The number of amides is 2. The van der Waals surface area contributed by atoms with Crippen LogP contribution >= 0.6 is 0 Å². The van der Waals surface area contributed by atoms with Crippen LogP contribution < -0.4 is 15.0 Å². The molecule has 2 aromatic rings. The van der Waals surface area contributed by atoms with Gasteiger partial charge in [0, 0.05) is 82.9 Å². The van der Waals surface area contributed by atoms with Crippen molar-refractivity contribution in [3.63, 3.8) is 0 Å². The summed E-state index contributed by atoms with van der Waals surface area (Å²) >= 11 is 0. The van der Waals surface area contributed by atoms with Crippen molar-refractivity contribution < 1.29 is 19.1 Å². The molecule has 1 aromatic heterocycles. The zero-order valence-electron chi connectivity index (χ0n) is 25.3. The van der Waals surface area contributed by atoms with Gasteiger partial charge in [-0.25, -0.2) is 0 Å². The average molecular weight is 578 g/mol. The van der Waals surface area contributed by atoms with Crippen LogP contribution in [0.2, 0.25) is 0 Å². The lowest BCUT2D eigenvalue weighted by Crippen LogP contribution is -2.48. The number of nitrogens with zero attached hydrogens (tertiary/aromatic N) is 4. The first kappa shape index (κ1) is 30.3. The van der Waals surface area contributed by atoms with Gasteiger partial charge in [-0.15, -0.1) is 0 Å². The molecule has 3 aliphatic heterocycles. The van der Waals surface area contributed by atoms with E-state index in [-0.39, 0.29) is 17.9 Å².